The Hall–Kier alpha value is -2.35. The summed E-state index contributed by atoms with van der Waals surface area (Å²) in [4.78, 5) is 12.7. The molecule has 0 N–H and O–H groups in total. The Morgan fingerprint density at radius 3 is 2.09 bits per heavy atom. The van der Waals surface area contributed by atoms with Crippen LogP contribution in [0.5, 0.6) is 0 Å². The van der Waals surface area contributed by atoms with Crippen LogP contribution in [0.3, 0.4) is 0 Å². The predicted molar refractivity (Wildman–Crippen MR) is 92.2 cm³/mol. The van der Waals surface area contributed by atoms with Crippen LogP contribution in [0.25, 0.3) is 0 Å². The van der Waals surface area contributed by atoms with Gasteiger partial charge in [-0.1, -0.05) is 72.8 Å². The number of carbonyl (C=O) groups excluding carboxylic acids is 1. The Bertz CT molecular complexity index is 607. The zero-order valence-corrected chi connectivity index (χ0v) is 13.2. The van der Waals surface area contributed by atoms with E-state index in [1.807, 2.05) is 60.7 Å². The van der Waals surface area contributed by atoms with Crippen molar-refractivity contribution >= 4 is 5.97 Å². The van der Waals surface area contributed by atoms with Crippen molar-refractivity contribution in [3.05, 3.63) is 83.9 Å². The van der Waals surface area contributed by atoms with Crippen molar-refractivity contribution in [3.8, 4) is 0 Å². The largest absolute Gasteiger partial charge is 0.465 e. The lowest BCUT2D eigenvalue weighted by Crippen LogP contribution is -2.21. The van der Waals surface area contributed by atoms with E-state index in [-0.39, 0.29) is 11.9 Å². The SMILES string of the molecule is O=C(OCC1CC=CCC1)C(c1ccccc1)c1ccccc1. The maximum absolute atomic E-state index is 12.7. The minimum Gasteiger partial charge on any atom is -0.465 e. The third-order valence-corrected chi connectivity index (χ3v) is 4.34. The van der Waals surface area contributed by atoms with Crippen LogP contribution in [0.2, 0.25) is 0 Å². The van der Waals surface area contributed by atoms with Crippen LogP contribution in [-0.2, 0) is 9.53 Å². The molecular weight excluding hydrogens is 284 g/mol. The summed E-state index contributed by atoms with van der Waals surface area (Å²) < 4.78 is 5.68. The molecule has 2 aromatic carbocycles. The number of hydrogen-bond acceptors (Lipinski definition) is 2. The van der Waals surface area contributed by atoms with Gasteiger partial charge in [0, 0.05) is 0 Å². The Morgan fingerprint density at radius 2 is 1.57 bits per heavy atom. The highest BCUT2D eigenvalue weighted by molar-refractivity contribution is 5.82. The van der Waals surface area contributed by atoms with E-state index >= 15 is 0 Å². The van der Waals surface area contributed by atoms with Crippen molar-refractivity contribution in [1.82, 2.24) is 0 Å². The molecule has 0 heterocycles. The lowest BCUT2D eigenvalue weighted by Gasteiger charge is -2.21. The highest BCUT2D eigenvalue weighted by Gasteiger charge is 2.25. The highest BCUT2D eigenvalue weighted by atomic mass is 16.5. The Morgan fingerprint density at radius 1 is 0.957 bits per heavy atom. The van der Waals surface area contributed by atoms with E-state index in [4.69, 9.17) is 4.74 Å². The molecule has 1 aliphatic carbocycles. The van der Waals surface area contributed by atoms with Crippen molar-refractivity contribution in [2.24, 2.45) is 5.92 Å². The smallest absolute Gasteiger partial charge is 0.317 e. The van der Waals surface area contributed by atoms with E-state index in [2.05, 4.69) is 12.2 Å². The minimum atomic E-state index is -0.350. The van der Waals surface area contributed by atoms with Gasteiger partial charge in [-0.2, -0.15) is 0 Å². The summed E-state index contributed by atoms with van der Waals surface area (Å²) in [5.74, 6) is -0.0513. The molecule has 0 saturated carbocycles. The molecule has 2 nitrogen and oxygen atoms in total. The maximum atomic E-state index is 12.7. The molecule has 0 spiro atoms. The van der Waals surface area contributed by atoms with Crippen molar-refractivity contribution in [2.75, 3.05) is 6.61 Å². The summed E-state index contributed by atoms with van der Waals surface area (Å²) in [6.45, 7) is 0.513. The number of benzene rings is 2. The molecule has 23 heavy (non-hydrogen) atoms. The lowest BCUT2D eigenvalue weighted by atomic mass is 9.91. The summed E-state index contributed by atoms with van der Waals surface area (Å²) in [7, 11) is 0. The number of hydrogen-bond donors (Lipinski definition) is 0. The monoisotopic (exact) mass is 306 g/mol. The van der Waals surface area contributed by atoms with Crippen LogP contribution in [0.4, 0.5) is 0 Å². The van der Waals surface area contributed by atoms with Crippen LogP contribution in [0.15, 0.2) is 72.8 Å². The predicted octanol–water partition coefficient (Wildman–Crippen LogP) is 4.72. The molecule has 2 heteroatoms. The van der Waals surface area contributed by atoms with Gasteiger partial charge in [0.1, 0.15) is 5.92 Å². The number of allylic oxidation sites excluding steroid dienone is 2. The van der Waals surface area contributed by atoms with E-state index in [0.717, 1.165) is 30.4 Å². The zero-order valence-electron chi connectivity index (χ0n) is 13.2. The molecule has 0 saturated heterocycles. The van der Waals surface area contributed by atoms with Gasteiger partial charge in [-0.15, -0.1) is 0 Å². The Kier molecular flexibility index (Phi) is 5.25. The first-order valence-corrected chi connectivity index (χ1v) is 8.26. The standard InChI is InChI=1S/C21H22O2/c22-21(23-16-17-10-4-1-5-11-17)20(18-12-6-2-7-13-18)19-14-8-3-9-15-19/h1-4,6-9,12-15,17,20H,5,10-11,16H2. The average Bonchev–Trinajstić information content (AvgIpc) is 2.63. The molecule has 2 aromatic rings. The number of carbonyl (C=O) groups is 1. The normalized spacial score (nSPS) is 17.2. The second kappa shape index (κ2) is 7.77. The third-order valence-electron chi connectivity index (χ3n) is 4.34. The molecule has 3 rings (SSSR count). The first-order valence-electron chi connectivity index (χ1n) is 8.26. The minimum absolute atomic E-state index is 0.156. The molecule has 0 aliphatic heterocycles. The number of esters is 1. The van der Waals surface area contributed by atoms with Crippen LogP contribution < -0.4 is 0 Å². The number of ether oxygens (including phenoxy) is 1. The van der Waals surface area contributed by atoms with Crippen LogP contribution >= 0.6 is 0 Å². The topological polar surface area (TPSA) is 26.3 Å². The molecule has 1 unspecified atom stereocenters. The molecule has 0 bridgehead atoms. The van der Waals surface area contributed by atoms with Gasteiger partial charge >= 0.3 is 5.97 Å². The van der Waals surface area contributed by atoms with Gasteiger partial charge in [0.15, 0.2) is 0 Å². The van der Waals surface area contributed by atoms with Crippen molar-refractivity contribution < 1.29 is 9.53 Å². The molecule has 0 amide bonds. The average molecular weight is 306 g/mol. The quantitative estimate of drug-likeness (QED) is 0.590. The summed E-state index contributed by atoms with van der Waals surface area (Å²) in [6.07, 6.45) is 7.59. The van der Waals surface area contributed by atoms with Gasteiger partial charge in [-0.25, -0.2) is 0 Å². The van der Waals surface area contributed by atoms with Crippen LogP contribution in [-0.4, -0.2) is 12.6 Å². The second-order valence-corrected chi connectivity index (χ2v) is 6.03. The van der Waals surface area contributed by atoms with E-state index < -0.39 is 0 Å². The zero-order chi connectivity index (χ0) is 15.9. The fraction of sp³-hybridized carbons (Fsp3) is 0.286. The van der Waals surface area contributed by atoms with E-state index in [9.17, 15) is 4.79 Å². The molecule has 118 valence electrons. The maximum Gasteiger partial charge on any atom is 0.317 e. The van der Waals surface area contributed by atoms with Crippen LogP contribution in [0, 0.1) is 5.92 Å². The first kappa shape index (κ1) is 15.5. The van der Waals surface area contributed by atoms with Gasteiger partial charge in [-0.3, -0.25) is 4.79 Å². The highest BCUT2D eigenvalue weighted by Crippen LogP contribution is 2.27. The van der Waals surface area contributed by atoms with E-state index in [1.54, 1.807) is 0 Å². The van der Waals surface area contributed by atoms with E-state index in [0.29, 0.717) is 12.5 Å². The summed E-state index contributed by atoms with van der Waals surface area (Å²) in [5, 5.41) is 0. The Balaban J connectivity index is 1.75. The molecular formula is C21H22O2. The van der Waals surface area contributed by atoms with Gasteiger partial charge in [-0.05, 0) is 36.3 Å². The fourth-order valence-electron chi connectivity index (χ4n) is 3.05. The fourth-order valence-corrected chi connectivity index (χ4v) is 3.05. The molecule has 0 aromatic heterocycles. The van der Waals surface area contributed by atoms with Gasteiger partial charge in [0.25, 0.3) is 0 Å². The van der Waals surface area contributed by atoms with E-state index in [1.165, 1.54) is 0 Å². The molecule has 1 atom stereocenters. The van der Waals surface area contributed by atoms with Crippen molar-refractivity contribution in [2.45, 2.75) is 25.2 Å². The first-order chi connectivity index (χ1) is 11.3. The van der Waals surface area contributed by atoms with Gasteiger partial charge < -0.3 is 4.74 Å². The summed E-state index contributed by atoms with van der Waals surface area (Å²) in [5.41, 5.74) is 1.96. The van der Waals surface area contributed by atoms with Gasteiger partial charge in [0.2, 0.25) is 0 Å². The molecule has 0 radical (unpaired) electrons. The Labute approximate surface area is 137 Å². The van der Waals surface area contributed by atoms with Crippen molar-refractivity contribution in [3.63, 3.8) is 0 Å². The lowest BCUT2D eigenvalue weighted by molar-refractivity contribution is -0.145. The molecule has 1 aliphatic rings. The summed E-state index contributed by atoms with van der Waals surface area (Å²) >= 11 is 0. The van der Waals surface area contributed by atoms with Crippen molar-refractivity contribution in [1.29, 1.82) is 0 Å². The third kappa shape index (κ3) is 4.10. The van der Waals surface area contributed by atoms with Gasteiger partial charge in [0.05, 0.1) is 6.61 Å². The second-order valence-electron chi connectivity index (χ2n) is 6.03. The summed E-state index contributed by atoms with van der Waals surface area (Å²) in [6, 6.07) is 19.7. The van der Waals surface area contributed by atoms with Crippen LogP contribution in [0.1, 0.15) is 36.3 Å². The number of rotatable bonds is 5. The molecule has 0 fully saturated rings.